The Morgan fingerprint density at radius 3 is 2.25 bits per heavy atom. The number of aromatic carboxylic acids is 1. The van der Waals surface area contributed by atoms with Crippen LogP contribution < -0.4 is 29.6 Å². The van der Waals surface area contributed by atoms with Crippen LogP contribution in [0.2, 0.25) is 0 Å². The van der Waals surface area contributed by atoms with Gasteiger partial charge in [0.2, 0.25) is 0 Å². The van der Waals surface area contributed by atoms with E-state index in [0.717, 1.165) is 0 Å². The maximum atomic E-state index is 10.3. The first-order chi connectivity index (χ1) is 5.24. The van der Waals surface area contributed by atoms with E-state index in [2.05, 4.69) is 0 Å². The molecule has 0 radical (unpaired) electrons. The van der Waals surface area contributed by atoms with Crippen molar-refractivity contribution in [2.45, 2.75) is 0 Å². The molecule has 12 heavy (non-hydrogen) atoms. The van der Waals surface area contributed by atoms with E-state index in [4.69, 9.17) is 10.4 Å². The van der Waals surface area contributed by atoms with Gasteiger partial charge in [0.15, 0.2) is 0 Å². The number of hydrogen-bond donors (Lipinski definition) is 1. The molecule has 0 aliphatic heterocycles. The van der Waals surface area contributed by atoms with E-state index < -0.39 is 5.97 Å². The number of rotatable bonds is 1. The minimum absolute atomic E-state index is 0. The molecule has 1 aromatic carbocycles. The molecule has 0 aliphatic rings. The molecule has 1 aromatic rings. The number of carboxylic acid groups (broad SMARTS) is 1. The zero-order valence-corrected chi connectivity index (χ0v) is 8.61. The van der Waals surface area contributed by atoms with Crippen LogP contribution in [0.3, 0.4) is 0 Å². The van der Waals surface area contributed by atoms with Crippen LogP contribution in [0.1, 0.15) is 17.3 Å². The van der Waals surface area contributed by atoms with Crippen molar-refractivity contribution in [3.63, 3.8) is 0 Å². The molecule has 0 heterocycles. The molecule has 0 aliphatic carbocycles. The Labute approximate surface area is 93.4 Å². The standard InChI is InChI=1S/C8H5NO2.Na.H/c9-5-6-1-3-7(4-2-6)8(10)11;;/h1-4H,(H,10,11);;/q;+1;-1. The normalized spacial score (nSPS) is 7.92. The van der Waals surface area contributed by atoms with Gasteiger partial charge in [0, 0.05) is 0 Å². The topological polar surface area (TPSA) is 61.1 Å². The summed E-state index contributed by atoms with van der Waals surface area (Å²) in [6, 6.07) is 7.66. The Bertz CT molecular complexity index is 318. The molecule has 3 nitrogen and oxygen atoms in total. The van der Waals surface area contributed by atoms with Crippen molar-refractivity contribution in [3.05, 3.63) is 35.4 Å². The van der Waals surface area contributed by atoms with Crippen LogP contribution in [-0.2, 0) is 0 Å². The SMILES string of the molecule is N#Cc1ccc(C(=O)O)cc1.[H-].[Na+]. The minimum atomic E-state index is -0.977. The second kappa shape index (κ2) is 4.94. The van der Waals surface area contributed by atoms with Crippen molar-refractivity contribution >= 4 is 5.97 Å². The van der Waals surface area contributed by atoms with E-state index in [-0.39, 0.29) is 36.5 Å². The maximum Gasteiger partial charge on any atom is 1.00 e. The first-order valence-corrected chi connectivity index (χ1v) is 2.97. The Kier molecular flexibility index (Phi) is 4.60. The predicted molar refractivity (Wildman–Crippen MR) is 39.2 cm³/mol. The summed E-state index contributed by atoms with van der Waals surface area (Å²) >= 11 is 0. The fourth-order valence-electron chi connectivity index (χ4n) is 0.687. The van der Waals surface area contributed by atoms with E-state index in [0.29, 0.717) is 5.56 Å². The number of carboxylic acids is 1. The second-order valence-corrected chi connectivity index (χ2v) is 1.99. The largest absolute Gasteiger partial charge is 1.00 e. The van der Waals surface area contributed by atoms with Gasteiger partial charge in [-0.3, -0.25) is 0 Å². The Morgan fingerprint density at radius 2 is 1.92 bits per heavy atom. The van der Waals surface area contributed by atoms with E-state index >= 15 is 0 Å². The molecule has 0 bridgehead atoms. The summed E-state index contributed by atoms with van der Waals surface area (Å²) in [4.78, 5) is 10.3. The summed E-state index contributed by atoms with van der Waals surface area (Å²) in [6.07, 6.45) is 0. The third-order valence-corrected chi connectivity index (χ3v) is 1.26. The molecule has 0 saturated heterocycles. The number of nitriles is 1. The van der Waals surface area contributed by atoms with Gasteiger partial charge in [-0.15, -0.1) is 0 Å². The van der Waals surface area contributed by atoms with Crippen molar-refractivity contribution < 1.29 is 40.9 Å². The molecule has 0 spiro atoms. The summed E-state index contributed by atoms with van der Waals surface area (Å²) in [7, 11) is 0. The average Bonchev–Trinajstić information content (AvgIpc) is 2.05. The van der Waals surface area contributed by atoms with Gasteiger partial charge >= 0.3 is 35.5 Å². The summed E-state index contributed by atoms with van der Waals surface area (Å²) < 4.78 is 0. The molecule has 4 heteroatoms. The molecule has 0 unspecified atom stereocenters. The van der Waals surface area contributed by atoms with Gasteiger partial charge in [0.1, 0.15) is 0 Å². The monoisotopic (exact) mass is 171 g/mol. The summed E-state index contributed by atoms with van der Waals surface area (Å²) in [5, 5.41) is 16.8. The van der Waals surface area contributed by atoms with E-state index in [9.17, 15) is 4.79 Å². The molecule has 0 atom stereocenters. The molecule has 1 rings (SSSR count). The van der Waals surface area contributed by atoms with Crippen LogP contribution in [0.15, 0.2) is 24.3 Å². The summed E-state index contributed by atoms with van der Waals surface area (Å²) in [5.41, 5.74) is 0.666. The van der Waals surface area contributed by atoms with Crippen LogP contribution in [0.25, 0.3) is 0 Å². The third-order valence-electron chi connectivity index (χ3n) is 1.26. The molecular weight excluding hydrogens is 165 g/mol. The summed E-state index contributed by atoms with van der Waals surface area (Å²) in [5.74, 6) is -0.977. The first-order valence-electron chi connectivity index (χ1n) is 2.97. The van der Waals surface area contributed by atoms with Gasteiger partial charge in [-0.1, -0.05) is 0 Å². The predicted octanol–water partition coefficient (Wildman–Crippen LogP) is -1.63. The molecule has 0 aromatic heterocycles. The molecule has 1 N–H and O–H groups in total. The van der Waals surface area contributed by atoms with E-state index in [1.807, 2.05) is 6.07 Å². The molecule has 0 fully saturated rings. The van der Waals surface area contributed by atoms with E-state index in [1.165, 1.54) is 24.3 Å². The van der Waals surface area contributed by atoms with Crippen LogP contribution in [0, 0.1) is 11.3 Å². The fourth-order valence-corrected chi connectivity index (χ4v) is 0.687. The fraction of sp³-hybridized carbons (Fsp3) is 0. The van der Waals surface area contributed by atoms with Gasteiger partial charge in [-0.25, -0.2) is 4.79 Å². The van der Waals surface area contributed by atoms with Crippen LogP contribution in [0.5, 0.6) is 0 Å². The van der Waals surface area contributed by atoms with Crippen molar-refractivity contribution in [3.8, 4) is 6.07 Å². The number of hydrogen-bond acceptors (Lipinski definition) is 2. The van der Waals surface area contributed by atoms with Crippen LogP contribution in [0.4, 0.5) is 0 Å². The number of carbonyl (C=O) groups is 1. The molecule has 0 amide bonds. The van der Waals surface area contributed by atoms with Gasteiger partial charge in [-0.2, -0.15) is 5.26 Å². The Hall–Kier alpha value is -0.820. The quantitative estimate of drug-likeness (QED) is 0.516. The van der Waals surface area contributed by atoms with Gasteiger partial charge in [0.25, 0.3) is 0 Å². The summed E-state index contributed by atoms with van der Waals surface area (Å²) in [6.45, 7) is 0. The maximum absolute atomic E-state index is 10.3. The smallest absolute Gasteiger partial charge is 1.00 e. The van der Waals surface area contributed by atoms with Crippen molar-refractivity contribution in [1.29, 1.82) is 5.26 Å². The average molecular weight is 171 g/mol. The van der Waals surface area contributed by atoms with Gasteiger partial charge in [0.05, 0.1) is 17.2 Å². The minimum Gasteiger partial charge on any atom is -1.00 e. The van der Waals surface area contributed by atoms with Crippen molar-refractivity contribution in [2.24, 2.45) is 0 Å². The van der Waals surface area contributed by atoms with Crippen molar-refractivity contribution in [1.82, 2.24) is 0 Å². The third kappa shape index (κ3) is 2.67. The Balaban J connectivity index is 0. The second-order valence-electron chi connectivity index (χ2n) is 1.99. The zero-order valence-electron chi connectivity index (χ0n) is 7.61. The molecule has 56 valence electrons. The zero-order chi connectivity index (χ0) is 8.27. The van der Waals surface area contributed by atoms with Gasteiger partial charge < -0.3 is 6.53 Å². The van der Waals surface area contributed by atoms with Crippen LogP contribution in [-0.4, -0.2) is 11.1 Å². The Morgan fingerprint density at radius 1 is 1.42 bits per heavy atom. The van der Waals surface area contributed by atoms with Crippen molar-refractivity contribution in [2.75, 3.05) is 0 Å². The van der Waals surface area contributed by atoms with Crippen LogP contribution >= 0.6 is 0 Å². The van der Waals surface area contributed by atoms with E-state index in [1.54, 1.807) is 0 Å². The number of benzene rings is 1. The number of nitrogens with zero attached hydrogens (tertiary/aromatic N) is 1. The molecular formula is C8H6NNaO2. The molecule has 0 saturated carbocycles. The van der Waals surface area contributed by atoms with Gasteiger partial charge in [-0.05, 0) is 24.3 Å². The first kappa shape index (κ1) is 11.2.